The van der Waals surface area contributed by atoms with E-state index in [0.29, 0.717) is 5.92 Å². The minimum absolute atomic E-state index is 0.628. The van der Waals surface area contributed by atoms with Gasteiger partial charge in [0.25, 0.3) is 0 Å². The van der Waals surface area contributed by atoms with Crippen LogP contribution in [0.15, 0.2) is 53.3 Å². The standard InChI is InChI=1S/C16H23NSi/c1-13(2)15-11-8-12-16(15)18(3,4)17-14-9-6-5-7-10-14/h5-11,13,17H,12H2,1-4H3. The maximum absolute atomic E-state index is 3.79. The highest BCUT2D eigenvalue weighted by Crippen LogP contribution is 2.32. The lowest BCUT2D eigenvalue weighted by atomic mass is 10.1. The quantitative estimate of drug-likeness (QED) is 0.767. The zero-order chi connectivity index (χ0) is 13.2. The molecular weight excluding hydrogens is 234 g/mol. The van der Waals surface area contributed by atoms with Crippen molar-refractivity contribution >= 4 is 13.9 Å². The van der Waals surface area contributed by atoms with Gasteiger partial charge in [-0.3, -0.25) is 0 Å². The van der Waals surface area contributed by atoms with E-state index in [9.17, 15) is 0 Å². The van der Waals surface area contributed by atoms with Crippen molar-refractivity contribution in [2.75, 3.05) is 4.98 Å². The van der Waals surface area contributed by atoms with E-state index in [-0.39, 0.29) is 0 Å². The smallest absolute Gasteiger partial charge is 0.175 e. The second-order valence-electron chi connectivity index (χ2n) is 5.81. The summed E-state index contributed by atoms with van der Waals surface area (Å²) in [6.45, 7) is 9.39. The van der Waals surface area contributed by atoms with Crippen LogP contribution in [-0.2, 0) is 0 Å². The first-order valence-corrected chi connectivity index (χ1v) is 9.74. The van der Waals surface area contributed by atoms with Gasteiger partial charge in [0.2, 0.25) is 0 Å². The van der Waals surface area contributed by atoms with Crippen LogP contribution in [0.1, 0.15) is 20.3 Å². The van der Waals surface area contributed by atoms with Crippen molar-refractivity contribution in [1.29, 1.82) is 0 Å². The summed E-state index contributed by atoms with van der Waals surface area (Å²) < 4.78 is 0. The van der Waals surface area contributed by atoms with Gasteiger partial charge in [0.1, 0.15) is 0 Å². The van der Waals surface area contributed by atoms with Crippen LogP contribution in [0.4, 0.5) is 5.69 Å². The molecule has 1 aliphatic rings. The molecule has 0 saturated heterocycles. The average Bonchev–Trinajstić information content (AvgIpc) is 2.79. The molecule has 0 aliphatic heterocycles. The summed E-state index contributed by atoms with van der Waals surface area (Å²) in [5.41, 5.74) is 2.80. The van der Waals surface area contributed by atoms with E-state index in [1.54, 1.807) is 10.8 Å². The van der Waals surface area contributed by atoms with Gasteiger partial charge >= 0.3 is 0 Å². The van der Waals surface area contributed by atoms with Gasteiger partial charge in [0.05, 0.1) is 0 Å². The maximum atomic E-state index is 3.79. The van der Waals surface area contributed by atoms with E-state index in [2.05, 4.69) is 74.4 Å². The molecule has 96 valence electrons. The summed E-state index contributed by atoms with van der Waals surface area (Å²) in [6, 6.07) is 10.6. The van der Waals surface area contributed by atoms with Crippen molar-refractivity contribution < 1.29 is 0 Å². The molecule has 0 amide bonds. The summed E-state index contributed by atoms with van der Waals surface area (Å²) in [4.78, 5) is 3.79. The highest BCUT2D eigenvalue weighted by molar-refractivity contribution is 6.87. The zero-order valence-electron chi connectivity index (χ0n) is 11.8. The Labute approximate surface area is 112 Å². The van der Waals surface area contributed by atoms with Gasteiger partial charge in [-0.1, -0.05) is 49.4 Å². The highest BCUT2D eigenvalue weighted by Gasteiger charge is 2.30. The topological polar surface area (TPSA) is 12.0 Å². The summed E-state index contributed by atoms with van der Waals surface area (Å²) in [5.74, 6) is 0.628. The fourth-order valence-electron chi connectivity index (χ4n) is 2.64. The summed E-state index contributed by atoms with van der Waals surface area (Å²) in [7, 11) is -1.57. The SMILES string of the molecule is CC(C)C1=C([Si](C)(C)Nc2ccccc2)CC=C1. The fourth-order valence-corrected chi connectivity index (χ4v) is 5.40. The number of hydrogen-bond acceptors (Lipinski definition) is 1. The van der Waals surface area contributed by atoms with Crippen molar-refractivity contribution in [1.82, 2.24) is 0 Å². The third kappa shape index (κ3) is 2.75. The molecule has 0 unspecified atom stereocenters. The van der Waals surface area contributed by atoms with Crippen molar-refractivity contribution in [3.05, 3.63) is 53.3 Å². The van der Waals surface area contributed by atoms with Crippen LogP contribution in [0, 0.1) is 5.92 Å². The van der Waals surface area contributed by atoms with E-state index in [1.807, 2.05) is 0 Å². The molecule has 1 aliphatic carbocycles. The van der Waals surface area contributed by atoms with Gasteiger partial charge in [-0.2, -0.15) is 0 Å². The molecular formula is C16H23NSi. The number of benzene rings is 1. The molecule has 0 aromatic heterocycles. The Kier molecular flexibility index (Phi) is 3.76. The lowest BCUT2D eigenvalue weighted by Gasteiger charge is -2.29. The number of para-hydroxylation sites is 1. The molecule has 0 radical (unpaired) electrons. The molecule has 0 spiro atoms. The van der Waals surface area contributed by atoms with Gasteiger partial charge in [-0.05, 0) is 43.1 Å². The molecule has 0 bridgehead atoms. The van der Waals surface area contributed by atoms with Gasteiger partial charge in [-0.15, -0.1) is 0 Å². The molecule has 2 rings (SSSR count). The summed E-state index contributed by atoms with van der Waals surface area (Å²) >= 11 is 0. The second-order valence-corrected chi connectivity index (χ2v) is 9.91. The molecule has 1 aromatic carbocycles. The van der Waals surface area contributed by atoms with Gasteiger partial charge in [-0.25, -0.2) is 0 Å². The van der Waals surface area contributed by atoms with Crippen LogP contribution in [-0.4, -0.2) is 8.24 Å². The average molecular weight is 257 g/mol. The van der Waals surface area contributed by atoms with Crippen LogP contribution in [0.25, 0.3) is 0 Å². The normalized spacial score (nSPS) is 15.6. The molecule has 1 nitrogen and oxygen atoms in total. The Morgan fingerprint density at radius 2 is 1.78 bits per heavy atom. The predicted molar refractivity (Wildman–Crippen MR) is 83.2 cm³/mol. The van der Waals surface area contributed by atoms with Crippen LogP contribution in [0.2, 0.25) is 13.1 Å². The molecule has 0 fully saturated rings. The first kappa shape index (κ1) is 13.2. The van der Waals surface area contributed by atoms with Gasteiger partial charge in [0.15, 0.2) is 8.24 Å². The number of rotatable bonds is 4. The highest BCUT2D eigenvalue weighted by atomic mass is 28.3. The van der Waals surface area contributed by atoms with E-state index in [4.69, 9.17) is 0 Å². The molecule has 2 heteroatoms. The van der Waals surface area contributed by atoms with Crippen LogP contribution >= 0.6 is 0 Å². The van der Waals surface area contributed by atoms with Crippen molar-refractivity contribution in [2.45, 2.75) is 33.4 Å². The Morgan fingerprint density at radius 3 is 2.39 bits per heavy atom. The van der Waals surface area contributed by atoms with Crippen molar-refractivity contribution in [3.63, 3.8) is 0 Å². The van der Waals surface area contributed by atoms with Gasteiger partial charge < -0.3 is 4.98 Å². The summed E-state index contributed by atoms with van der Waals surface area (Å²) in [5, 5.41) is 1.65. The first-order chi connectivity index (χ1) is 8.50. The van der Waals surface area contributed by atoms with Crippen molar-refractivity contribution in [2.24, 2.45) is 5.92 Å². The molecule has 18 heavy (non-hydrogen) atoms. The molecule has 0 atom stereocenters. The number of nitrogens with one attached hydrogen (secondary N) is 1. The fraction of sp³-hybridized carbons (Fsp3) is 0.375. The molecule has 0 saturated carbocycles. The lowest BCUT2D eigenvalue weighted by molar-refractivity contribution is 0.789. The number of anilines is 1. The largest absolute Gasteiger partial charge is 0.407 e. The molecule has 0 heterocycles. The van der Waals surface area contributed by atoms with Crippen LogP contribution in [0.3, 0.4) is 0 Å². The van der Waals surface area contributed by atoms with E-state index in [0.717, 1.165) is 6.42 Å². The lowest BCUT2D eigenvalue weighted by Crippen LogP contribution is -2.40. The van der Waals surface area contributed by atoms with E-state index >= 15 is 0 Å². The maximum Gasteiger partial charge on any atom is 0.175 e. The first-order valence-electron chi connectivity index (χ1n) is 6.74. The number of allylic oxidation sites excluding steroid dienone is 4. The third-order valence-corrected chi connectivity index (χ3v) is 6.49. The minimum Gasteiger partial charge on any atom is -0.407 e. The van der Waals surface area contributed by atoms with E-state index < -0.39 is 8.24 Å². The number of hydrogen-bond donors (Lipinski definition) is 1. The Hall–Kier alpha value is -1.28. The van der Waals surface area contributed by atoms with Gasteiger partial charge in [0, 0.05) is 5.69 Å². The second kappa shape index (κ2) is 5.15. The monoisotopic (exact) mass is 257 g/mol. The Bertz CT molecular complexity index is 469. The van der Waals surface area contributed by atoms with Crippen molar-refractivity contribution in [3.8, 4) is 0 Å². The molecule has 1 N–H and O–H groups in total. The van der Waals surface area contributed by atoms with Crippen LogP contribution in [0.5, 0.6) is 0 Å². The minimum atomic E-state index is -1.57. The summed E-state index contributed by atoms with van der Waals surface area (Å²) in [6.07, 6.45) is 5.76. The third-order valence-electron chi connectivity index (χ3n) is 3.57. The predicted octanol–water partition coefficient (Wildman–Crippen LogP) is 4.76. The Balaban J connectivity index is 2.24. The van der Waals surface area contributed by atoms with E-state index in [1.165, 1.54) is 5.69 Å². The zero-order valence-corrected chi connectivity index (χ0v) is 12.8. The molecule has 1 aromatic rings. The van der Waals surface area contributed by atoms with Crippen LogP contribution < -0.4 is 4.98 Å². The Morgan fingerprint density at radius 1 is 1.11 bits per heavy atom.